The van der Waals surface area contributed by atoms with Crippen molar-refractivity contribution in [3.05, 3.63) is 0 Å². The molecule has 0 bridgehead atoms. The van der Waals surface area contributed by atoms with E-state index in [1.54, 1.807) is 0 Å². The molecule has 0 spiro atoms. The minimum Gasteiger partial charge on any atom is -0.393 e. The zero-order chi connectivity index (χ0) is 10.3. The number of hydrogen-bond donors (Lipinski definition) is 2. The lowest BCUT2D eigenvalue weighted by Crippen LogP contribution is -2.41. The van der Waals surface area contributed by atoms with E-state index in [0.717, 1.165) is 25.9 Å². The highest BCUT2D eigenvalue weighted by atomic mass is 32.1. The maximum atomic E-state index is 9.75. The van der Waals surface area contributed by atoms with E-state index in [1.807, 2.05) is 0 Å². The summed E-state index contributed by atoms with van der Waals surface area (Å²) >= 11 is 4.99. The Morgan fingerprint density at radius 2 is 2.21 bits per heavy atom. The van der Waals surface area contributed by atoms with Gasteiger partial charge in [0.2, 0.25) is 0 Å². The Morgan fingerprint density at radius 3 is 2.79 bits per heavy atom. The second-order valence-corrected chi connectivity index (χ2v) is 5.07. The Morgan fingerprint density at radius 1 is 1.50 bits per heavy atom. The number of thiocarbonyl (C=S) groups is 1. The first-order valence-electron chi connectivity index (χ1n) is 5.31. The molecule has 0 amide bonds. The van der Waals surface area contributed by atoms with E-state index >= 15 is 0 Å². The summed E-state index contributed by atoms with van der Waals surface area (Å²) in [6.07, 6.45) is 2.04. The molecule has 0 aromatic heterocycles. The lowest BCUT2D eigenvalue weighted by Gasteiger charge is -2.24. The second-order valence-electron chi connectivity index (χ2n) is 4.60. The van der Waals surface area contributed by atoms with Gasteiger partial charge in [-0.2, -0.15) is 0 Å². The van der Waals surface area contributed by atoms with Crippen LogP contribution >= 0.6 is 12.2 Å². The Balaban J connectivity index is 1.98. The van der Waals surface area contributed by atoms with Gasteiger partial charge >= 0.3 is 0 Å². The molecule has 2 rings (SSSR count). The van der Waals surface area contributed by atoms with E-state index in [2.05, 4.69) is 11.8 Å². The van der Waals surface area contributed by atoms with Gasteiger partial charge in [0.1, 0.15) is 0 Å². The van der Waals surface area contributed by atoms with Gasteiger partial charge in [-0.1, -0.05) is 12.2 Å². The highest BCUT2D eigenvalue weighted by Gasteiger charge is 2.43. The van der Waals surface area contributed by atoms with E-state index in [-0.39, 0.29) is 12.1 Å². The molecule has 0 radical (unpaired) electrons. The van der Waals surface area contributed by atoms with Crippen molar-refractivity contribution < 1.29 is 5.11 Å². The van der Waals surface area contributed by atoms with Crippen LogP contribution in [-0.4, -0.2) is 40.2 Å². The summed E-state index contributed by atoms with van der Waals surface area (Å²) in [5.41, 5.74) is 5.63. The predicted molar refractivity (Wildman–Crippen MR) is 60.0 cm³/mol. The van der Waals surface area contributed by atoms with E-state index in [0.29, 0.717) is 16.8 Å². The molecule has 0 aromatic carbocycles. The van der Waals surface area contributed by atoms with Gasteiger partial charge in [0.05, 0.1) is 17.1 Å². The quantitative estimate of drug-likeness (QED) is 0.652. The largest absolute Gasteiger partial charge is 0.393 e. The molecule has 3 nitrogen and oxygen atoms in total. The van der Waals surface area contributed by atoms with Crippen molar-refractivity contribution >= 4 is 17.2 Å². The zero-order valence-corrected chi connectivity index (χ0v) is 9.33. The summed E-state index contributed by atoms with van der Waals surface area (Å²) in [5, 5.41) is 9.75. The molecule has 2 aliphatic rings. The molecule has 3 N–H and O–H groups in total. The molecular formula is C10H18N2OS. The summed E-state index contributed by atoms with van der Waals surface area (Å²) in [6, 6.07) is 0.183. The SMILES string of the molecule is CC(C(N)=S)N1CC2CCC(O)C2C1. The number of likely N-dealkylation sites (tertiary alicyclic amines) is 1. The van der Waals surface area contributed by atoms with Crippen LogP contribution in [0.15, 0.2) is 0 Å². The van der Waals surface area contributed by atoms with Crippen molar-refractivity contribution in [2.45, 2.75) is 31.9 Å². The molecular weight excluding hydrogens is 196 g/mol. The lowest BCUT2D eigenvalue weighted by atomic mass is 10.00. The maximum Gasteiger partial charge on any atom is 0.0899 e. The molecule has 80 valence electrons. The van der Waals surface area contributed by atoms with Gasteiger partial charge in [-0.3, -0.25) is 4.90 Å². The number of rotatable bonds is 2. The van der Waals surface area contributed by atoms with Gasteiger partial charge in [-0.15, -0.1) is 0 Å². The van der Waals surface area contributed by atoms with E-state index in [1.165, 1.54) is 0 Å². The van der Waals surface area contributed by atoms with Crippen LogP contribution in [0.3, 0.4) is 0 Å². The fourth-order valence-corrected chi connectivity index (χ4v) is 2.92. The molecule has 14 heavy (non-hydrogen) atoms. The van der Waals surface area contributed by atoms with Gasteiger partial charge in [0, 0.05) is 19.0 Å². The summed E-state index contributed by atoms with van der Waals surface area (Å²) in [5.74, 6) is 1.13. The highest BCUT2D eigenvalue weighted by Crippen LogP contribution is 2.38. The van der Waals surface area contributed by atoms with Crippen molar-refractivity contribution in [3.8, 4) is 0 Å². The lowest BCUT2D eigenvalue weighted by molar-refractivity contribution is 0.123. The first kappa shape index (κ1) is 10.3. The van der Waals surface area contributed by atoms with Crippen molar-refractivity contribution in [3.63, 3.8) is 0 Å². The van der Waals surface area contributed by atoms with Gasteiger partial charge in [0.15, 0.2) is 0 Å². The standard InChI is InChI=1S/C10H18N2OS/c1-6(10(11)14)12-4-7-2-3-9(13)8(7)5-12/h6-9,13H,2-5H2,1H3,(H2,11,14). The Kier molecular flexibility index (Phi) is 2.77. The van der Waals surface area contributed by atoms with Crippen molar-refractivity contribution in [1.82, 2.24) is 4.90 Å². The van der Waals surface area contributed by atoms with Crippen LogP contribution in [0.4, 0.5) is 0 Å². The molecule has 0 aromatic rings. The number of aliphatic hydroxyl groups is 1. The first-order valence-corrected chi connectivity index (χ1v) is 5.72. The fraction of sp³-hybridized carbons (Fsp3) is 0.900. The molecule has 1 saturated carbocycles. The monoisotopic (exact) mass is 214 g/mol. The van der Waals surface area contributed by atoms with Crippen LogP contribution in [0.25, 0.3) is 0 Å². The minimum absolute atomic E-state index is 0.0939. The molecule has 1 aliphatic carbocycles. The Hall–Kier alpha value is -0.190. The fourth-order valence-electron chi connectivity index (χ4n) is 2.77. The molecule has 4 unspecified atom stereocenters. The van der Waals surface area contributed by atoms with Crippen molar-refractivity contribution in [2.75, 3.05) is 13.1 Å². The van der Waals surface area contributed by atoms with Gasteiger partial charge in [0.25, 0.3) is 0 Å². The average Bonchev–Trinajstić information content (AvgIpc) is 2.67. The Labute approximate surface area is 90.3 Å². The van der Waals surface area contributed by atoms with Crippen molar-refractivity contribution in [1.29, 1.82) is 0 Å². The molecule has 4 atom stereocenters. The normalized spacial score (nSPS) is 39.7. The third-order valence-electron chi connectivity index (χ3n) is 3.81. The van der Waals surface area contributed by atoms with Crippen LogP contribution in [0.1, 0.15) is 19.8 Å². The van der Waals surface area contributed by atoms with Crippen LogP contribution in [0, 0.1) is 11.8 Å². The average molecular weight is 214 g/mol. The highest BCUT2D eigenvalue weighted by molar-refractivity contribution is 7.80. The predicted octanol–water partition coefficient (Wildman–Crippen LogP) is 0.364. The third-order valence-corrected chi connectivity index (χ3v) is 4.15. The third kappa shape index (κ3) is 1.66. The summed E-state index contributed by atoms with van der Waals surface area (Å²) in [6.45, 7) is 4.07. The van der Waals surface area contributed by atoms with E-state index in [9.17, 15) is 5.11 Å². The number of fused-ring (bicyclic) bond motifs is 1. The van der Waals surface area contributed by atoms with Crippen LogP contribution in [-0.2, 0) is 0 Å². The van der Waals surface area contributed by atoms with Gasteiger partial charge < -0.3 is 10.8 Å². The number of hydrogen-bond acceptors (Lipinski definition) is 3. The van der Waals surface area contributed by atoms with Crippen LogP contribution < -0.4 is 5.73 Å². The number of nitrogens with zero attached hydrogens (tertiary/aromatic N) is 1. The minimum atomic E-state index is -0.0939. The smallest absolute Gasteiger partial charge is 0.0899 e. The maximum absolute atomic E-state index is 9.75. The molecule has 1 saturated heterocycles. The van der Waals surface area contributed by atoms with Gasteiger partial charge in [-0.25, -0.2) is 0 Å². The molecule has 2 fully saturated rings. The summed E-state index contributed by atoms with van der Waals surface area (Å²) in [4.78, 5) is 2.87. The van der Waals surface area contributed by atoms with E-state index < -0.39 is 0 Å². The first-order chi connectivity index (χ1) is 6.59. The molecule has 4 heteroatoms. The Bertz CT molecular complexity index is 246. The second kappa shape index (κ2) is 3.76. The summed E-state index contributed by atoms with van der Waals surface area (Å²) < 4.78 is 0. The number of nitrogens with two attached hydrogens (primary N) is 1. The van der Waals surface area contributed by atoms with Crippen LogP contribution in [0.5, 0.6) is 0 Å². The van der Waals surface area contributed by atoms with Gasteiger partial charge in [-0.05, 0) is 25.7 Å². The van der Waals surface area contributed by atoms with E-state index in [4.69, 9.17) is 18.0 Å². The topological polar surface area (TPSA) is 49.5 Å². The summed E-state index contributed by atoms with van der Waals surface area (Å²) in [7, 11) is 0. The molecule has 1 aliphatic heterocycles. The van der Waals surface area contributed by atoms with Crippen LogP contribution in [0.2, 0.25) is 0 Å². The van der Waals surface area contributed by atoms with Crippen molar-refractivity contribution in [2.24, 2.45) is 17.6 Å². The molecule has 1 heterocycles. The number of aliphatic hydroxyl groups excluding tert-OH is 1. The zero-order valence-electron chi connectivity index (χ0n) is 8.52.